The highest BCUT2D eigenvalue weighted by Gasteiger charge is 2.50. The summed E-state index contributed by atoms with van der Waals surface area (Å²) < 4.78 is 0. The second kappa shape index (κ2) is 7.21. The quantitative estimate of drug-likeness (QED) is 0.877. The van der Waals surface area contributed by atoms with Gasteiger partial charge in [-0.15, -0.1) is 0 Å². The van der Waals surface area contributed by atoms with Gasteiger partial charge in [0.1, 0.15) is 0 Å². The molecule has 5 nitrogen and oxygen atoms in total. The number of pyridine rings is 1. The van der Waals surface area contributed by atoms with Crippen LogP contribution in [-0.2, 0) is 5.54 Å². The first-order valence-electron chi connectivity index (χ1n) is 10.2. The van der Waals surface area contributed by atoms with E-state index < -0.39 is 0 Å². The van der Waals surface area contributed by atoms with Crippen molar-refractivity contribution in [2.45, 2.75) is 49.7 Å². The summed E-state index contributed by atoms with van der Waals surface area (Å²) in [5.74, 6) is 0. The predicted octanol–water partition coefficient (Wildman–Crippen LogP) is 3.94. The number of rotatable bonds is 4. The lowest BCUT2D eigenvalue weighted by Crippen LogP contribution is -2.54. The monoisotopic (exact) mass is 378 g/mol. The van der Waals surface area contributed by atoms with Crippen LogP contribution >= 0.6 is 0 Å². The van der Waals surface area contributed by atoms with E-state index in [0.717, 1.165) is 37.9 Å². The van der Waals surface area contributed by atoms with Gasteiger partial charge < -0.3 is 10.2 Å². The van der Waals surface area contributed by atoms with E-state index in [9.17, 15) is 4.79 Å². The van der Waals surface area contributed by atoms with E-state index in [1.165, 1.54) is 5.56 Å². The molecule has 1 spiro atoms. The molecule has 2 aromatic rings. The number of hydrogen-bond acceptors (Lipinski definition) is 3. The maximum Gasteiger partial charge on any atom is 0.318 e. The zero-order valence-corrected chi connectivity index (χ0v) is 17.1. The van der Waals surface area contributed by atoms with Gasteiger partial charge >= 0.3 is 6.03 Å². The third-order valence-corrected chi connectivity index (χ3v) is 6.89. The van der Waals surface area contributed by atoms with E-state index in [-0.39, 0.29) is 23.2 Å². The van der Waals surface area contributed by atoms with Crippen molar-refractivity contribution in [3.05, 3.63) is 66.0 Å². The number of carbonyl (C=O) groups excluding carboxylic acids is 1. The molecule has 1 aromatic carbocycles. The van der Waals surface area contributed by atoms with Gasteiger partial charge in [-0.2, -0.15) is 0 Å². The molecule has 148 valence electrons. The minimum Gasteiger partial charge on any atom is -0.331 e. The first kappa shape index (κ1) is 18.9. The standard InChI is InChI=1S/C23H30N4O/c1-18(20-11-7-8-16-24-20)27-17-22(25-21(27)28)12-14-23(15-13-22,26(2)3)19-9-5-4-6-10-19/h4-11,16,18H,12-15,17H2,1-3H3,(H,25,28). The van der Waals surface area contributed by atoms with E-state index in [2.05, 4.69) is 66.6 Å². The Morgan fingerprint density at radius 2 is 1.71 bits per heavy atom. The molecule has 1 unspecified atom stereocenters. The molecule has 1 aromatic heterocycles. The number of aromatic nitrogens is 1. The summed E-state index contributed by atoms with van der Waals surface area (Å²) in [6.07, 6.45) is 5.84. The zero-order chi connectivity index (χ0) is 19.8. The molecule has 1 atom stereocenters. The molecule has 1 saturated carbocycles. The lowest BCUT2D eigenvalue weighted by atomic mass is 9.69. The molecule has 1 N–H and O–H groups in total. The lowest BCUT2D eigenvalue weighted by Gasteiger charge is -2.48. The molecule has 0 radical (unpaired) electrons. The molecule has 2 heterocycles. The Hall–Kier alpha value is -2.40. The molecule has 4 rings (SSSR count). The van der Waals surface area contributed by atoms with E-state index in [4.69, 9.17) is 0 Å². The average Bonchev–Trinajstić information content (AvgIpc) is 3.05. The molecule has 2 aliphatic rings. The van der Waals surface area contributed by atoms with Gasteiger partial charge in [-0.3, -0.25) is 9.88 Å². The predicted molar refractivity (Wildman–Crippen MR) is 111 cm³/mol. The van der Waals surface area contributed by atoms with E-state index in [1.54, 1.807) is 6.20 Å². The first-order valence-corrected chi connectivity index (χ1v) is 10.2. The lowest BCUT2D eigenvalue weighted by molar-refractivity contribution is 0.0606. The number of nitrogens with zero attached hydrogens (tertiary/aromatic N) is 3. The minimum absolute atomic E-state index is 0.0183. The second-order valence-electron chi connectivity index (χ2n) is 8.56. The average molecular weight is 379 g/mol. The van der Waals surface area contributed by atoms with Gasteiger partial charge in [0.2, 0.25) is 0 Å². The van der Waals surface area contributed by atoms with Crippen molar-refractivity contribution >= 4 is 6.03 Å². The van der Waals surface area contributed by atoms with Gasteiger partial charge in [0, 0.05) is 18.3 Å². The van der Waals surface area contributed by atoms with Crippen molar-refractivity contribution in [3.8, 4) is 0 Å². The number of nitrogens with one attached hydrogen (secondary N) is 1. The molecule has 1 aliphatic heterocycles. The van der Waals surface area contributed by atoms with Gasteiger partial charge in [0.15, 0.2) is 0 Å². The molecular formula is C23H30N4O. The maximum atomic E-state index is 12.8. The van der Waals surface area contributed by atoms with Crippen LogP contribution in [0.5, 0.6) is 0 Å². The first-order chi connectivity index (χ1) is 13.5. The summed E-state index contributed by atoms with van der Waals surface area (Å²) >= 11 is 0. The summed E-state index contributed by atoms with van der Waals surface area (Å²) in [6, 6.07) is 16.7. The van der Waals surface area contributed by atoms with E-state index in [0.29, 0.717) is 0 Å². The Kier molecular flexibility index (Phi) is 4.88. The SMILES string of the molecule is CC(c1ccccn1)N1CC2(CCC(c3ccccc3)(N(C)C)CC2)NC1=O. The topological polar surface area (TPSA) is 48.5 Å². The molecule has 2 fully saturated rings. The Labute approximate surface area is 167 Å². The second-order valence-corrected chi connectivity index (χ2v) is 8.56. The molecule has 2 amide bonds. The summed E-state index contributed by atoms with van der Waals surface area (Å²) in [7, 11) is 4.35. The smallest absolute Gasteiger partial charge is 0.318 e. The normalized spacial score (nSPS) is 28.6. The number of urea groups is 1. The molecule has 1 saturated heterocycles. The highest BCUT2D eigenvalue weighted by Crippen LogP contribution is 2.46. The molecular weight excluding hydrogens is 348 g/mol. The van der Waals surface area contributed by atoms with Crippen molar-refractivity contribution in [1.29, 1.82) is 0 Å². The van der Waals surface area contributed by atoms with Crippen molar-refractivity contribution in [3.63, 3.8) is 0 Å². The van der Waals surface area contributed by atoms with Crippen LogP contribution in [0.2, 0.25) is 0 Å². The number of amides is 2. The third-order valence-electron chi connectivity index (χ3n) is 6.89. The van der Waals surface area contributed by atoms with Crippen LogP contribution in [0.1, 0.15) is 49.9 Å². The molecule has 0 bridgehead atoms. The van der Waals surface area contributed by atoms with Crippen molar-refractivity contribution in [2.24, 2.45) is 0 Å². The van der Waals surface area contributed by atoms with Crippen LogP contribution in [0.15, 0.2) is 54.7 Å². The van der Waals surface area contributed by atoms with Gasteiger partial charge in [-0.25, -0.2) is 4.79 Å². The van der Waals surface area contributed by atoms with Crippen molar-refractivity contribution in [2.75, 3.05) is 20.6 Å². The Morgan fingerprint density at radius 3 is 2.32 bits per heavy atom. The largest absolute Gasteiger partial charge is 0.331 e. The number of carbonyl (C=O) groups is 1. The highest BCUT2D eigenvalue weighted by molar-refractivity contribution is 5.78. The van der Waals surface area contributed by atoms with Gasteiger partial charge in [0.25, 0.3) is 0 Å². The highest BCUT2D eigenvalue weighted by atomic mass is 16.2. The number of hydrogen-bond donors (Lipinski definition) is 1. The molecule has 1 aliphatic carbocycles. The Morgan fingerprint density at radius 1 is 1.04 bits per heavy atom. The summed E-state index contributed by atoms with van der Waals surface area (Å²) in [6.45, 7) is 2.82. The fourth-order valence-corrected chi connectivity index (χ4v) is 5.00. The maximum absolute atomic E-state index is 12.8. The van der Waals surface area contributed by atoms with Crippen LogP contribution < -0.4 is 5.32 Å². The molecule has 28 heavy (non-hydrogen) atoms. The van der Waals surface area contributed by atoms with E-state index in [1.807, 2.05) is 23.1 Å². The summed E-state index contributed by atoms with van der Waals surface area (Å²) in [5, 5.41) is 3.34. The minimum atomic E-state index is -0.131. The Balaban J connectivity index is 1.52. The van der Waals surface area contributed by atoms with Crippen molar-refractivity contribution in [1.82, 2.24) is 20.1 Å². The third kappa shape index (κ3) is 3.18. The van der Waals surface area contributed by atoms with Gasteiger partial charge in [-0.1, -0.05) is 36.4 Å². The molecule has 5 heteroatoms. The van der Waals surface area contributed by atoms with Crippen LogP contribution in [0.25, 0.3) is 0 Å². The summed E-state index contributed by atoms with van der Waals surface area (Å²) in [4.78, 5) is 21.6. The van der Waals surface area contributed by atoms with Crippen LogP contribution in [-0.4, -0.2) is 47.0 Å². The zero-order valence-electron chi connectivity index (χ0n) is 17.1. The fraction of sp³-hybridized carbons (Fsp3) is 0.478. The number of benzene rings is 1. The van der Waals surface area contributed by atoms with Gasteiger partial charge in [0.05, 0.1) is 17.3 Å². The fourth-order valence-electron chi connectivity index (χ4n) is 5.00. The summed E-state index contributed by atoms with van der Waals surface area (Å²) in [5.41, 5.74) is 2.22. The van der Waals surface area contributed by atoms with Gasteiger partial charge in [-0.05, 0) is 64.4 Å². The Bertz CT molecular complexity index is 813. The van der Waals surface area contributed by atoms with E-state index >= 15 is 0 Å². The van der Waals surface area contributed by atoms with Crippen LogP contribution in [0.4, 0.5) is 4.79 Å². The van der Waals surface area contributed by atoms with Crippen LogP contribution in [0.3, 0.4) is 0 Å². The van der Waals surface area contributed by atoms with Crippen molar-refractivity contribution < 1.29 is 4.79 Å². The van der Waals surface area contributed by atoms with Crippen LogP contribution in [0, 0.1) is 0 Å².